The highest BCUT2D eigenvalue weighted by atomic mass is 79.9. The van der Waals surface area contributed by atoms with Crippen molar-refractivity contribution in [1.82, 2.24) is 4.98 Å². The lowest BCUT2D eigenvalue weighted by Gasteiger charge is -2.00. The SMILES string of the molecule is CC(Br)C(=O)c1c[nH]c2cc(C#N)ccc12. The Hall–Kier alpha value is -1.60. The number of aromatic amines is 1. The minimum atomic E-state index is -0.206. The molecule has 1 heterocycles. The van der Waals surface area contributed by atoms with Crippen molar-refractivity contribution in [3.63, 3.8) is 0 Å². The molecule has 1 aromatic carbocycles. The Kier molecular flexibility index (Phi) is 2.80. The summed E-state index contributed by atoms with van der Waals surface area (Å²) in [4.78, 5) is 14.6. The standard InChI is InChI=1S/C12H9BrN2O/c1-7(13)12(16)10-6-15-11-4-8(5-14)2-3-9(10)11/h2-4,6-7,15H,1H3. The van der Waals surface area contributed by atoms with E-state index in [9.17, 15) is 4.79 Å². The molecule has 0 fully saturated rings. The third-order valence-corrected chi connectivity index (χ3v) is 2.85. The fraction of sp³-hybridized carbons (Fsp3) is 0.167. The van der Waals surface area contributed by atoms with Gasteiger partial charge in [-0.2, -0.15) is 5.26 Å². The maximum Gasteiger partial charge on any atom is 0.178 e. The Morgan fingerprint density at radius 1 is 1.56 bits per heavy atom. The fourth-order valence-electron chi connectivity index (χ4n) is 1.61. The van der Waals surface area contributed by atoms with Crippen molar-refractivity contribution in [1.29, 1.82) is 5.26 Å². The summed E-state index contributed by atoms with van der Waals surface area (Å²) in [5, 5.41) is 9.62. The van der Waals surface area contributed by atoms with E-state index in [2.05, 4.69) is 27.0 Å². The summed E-state index contributed by atoms with van der Waals surface area (Å²) < 4.78 is 0. The molecule has 0 saturated heterocycles. The van der Waals surface area contributed by atoms with Crippen LogP contribution in [0.25, 0.3) is 10.9 Å². The first-order chi connectivity index (χ1) is 7.63. The monoisotopic (exact) mass is 276 g/mol. The molecule has 2 aromatic rings. The molecule has 1 N–H and O–H groups in total. The number of carbonyl (C=O) groups is 1. The van der Waals surface area contributed by atoms with Gasteiger partial charge in [0.15, 0.2) is 5.78 Å². The molecule has 0 radical (unpaired) electrons. The lowest BCUT2D eigenvalue weighted by Crippen LogP contribution is -2.08. The Morgan fingerprint density at radius 3 is 2.94 bits per heavy atom. The van der Waals surface area contributed by atoms with Gasteiger partial charge in [0.2, 0.25) is 0 Å². The number of benzene rings is 1. The number of ketones is 1. The number of nitrogens with one attached hydrogen (secondary N) is 1. The molecule has 1 unspecified atom stereocenters. The van der Waals surface area contributed by atoms with Crippen molar-refractivity contribution in [3.8, 4) is 6.07 Å². The van der Waals surface area contributed by atoms with Crippen molar-refractivity contribution in [2.45, 2.75) is 11.8 Å². The molecule has 0 aliphatic carbocycles. The molecule has 3 nitrogen and oxygen atoms in total. The van der Waals surface area contributed by atoms with Crippen LogP contribution in [0.15, 0.2) is 24.4 Å². The summed E-state index contributed by atoms with van der Waals surface area (Å²) in [5.74, 6) is 0.0379. The van der Waals surface area contributed by atoms with Crippen molar-refractivity contribution in [3.05, 3.63) is 35.5 Å². The quantitative estimate of drug-likeness (QED) is 0.677. The molecular weight excluding hydrogens is 268 g/mol. The van der Waals surface area contributed by atoms with Crippen LogP contribution in [0.4, 0.5) is 0 Å². The zero-order valence-electron chi connectivity index (χ0n) is 8.62. The molecule has 4 heteroatoms. The predicted octanol–water partition coefficient (Wildman–Crippen LogP) is 3.01. The number of aromatic nitrogens is 1. The van der Waals surface area contributed by atoms with E-state index in [1.54, 1.807) is 31.3 Å². The van der Waals surface area contributed by atoms with Crippen LogP contribution in [0.1, 0.15) is 22.8 Å². The Morgan fingerprint density at radius 2 is 2.31 bits per heavy atom. The highest BCUT2D eigenvalue weighted by molar-refractivity contribution is 9.10. The van der Waals surface area contributed by atoms with E-state index in [1.165, 1.54) is 0 Å². The zero-order valence-corrected chi connectivity index (χ0v) is 10.2. The number of rotatable bonds is 2. The smallest absolute Gasteiger partial charge is 0.178 e. The van der Waals surface area contributed by atoms with Gasteiger partial charge in [-0.15, -0.1) is 0 Å². The molecule has 80 valence electrons. The normalized spacial score (nSPS) is 12.3. The number of carbonyl (C=O) groups excluding carboxylic acids is 1. The van der Waals surface area contributed by atoms with Gasteiger partial charge in [0, 0.05) is 22.7 Å². The van der Waals surface area contributed by atoms with Gasteiger partial charge < -0.3 is 4.98 Å². The molecule has 16 heavy (non-hydrogen) atoms. The van der Waals surface area contributed by atoms with Crippen LogP contribution in [0.2, 0.25) is 0 Å². The second-order valence-corrected chi connectivity index (χ2v) is 4.93. The van der Waals surface area contributed by atoms with Crippen LogP contribution >= 0.6 is 15.9 Å². The summed E-state index contributed by atoms with van der Waals surface area (Å²) in [6.07, 6.45) is 1.69. The highest BCUT2D eigenvalue weighted by Crippen LogP contribution is 2.22. The van der Waals surface area contributed by atoms with Gasteiger partial charge in [0.1, 0.15) is 0 Å². The van der Waals surface area contributed by atoms with Crippen LogP contribution in [0, 0.1) is 11.3 Å². The van der Waals surface area contributed by atoms with Crippen LogP contribution in [-0.4, -0.2) is 15.6 Å². The Labute approximate surface area is 101 Å². The summed E-state index contributed by atoms with van der Waals surface area (Å²) >= 11 is 3.26. The number of hydrogen-bond acceptors (Lipinski definition) is 2. The van der Waals surface area contributed by atoms with Gasteiger partial charge in [-0.1, -0.05) is 22.0 Å². The van der Waals surface area contributed by atoms with E-state index in [1.807, 2.05) is 0 Å². The first-order valence-electron chi connectivity index (χ1n) is 4.83. The molecule has 0 spiro atoms. The molecule has 0 amide bonds. The molecule has 0 aliphatic rings. The number of fused-ring (bicyclic) bond motifs is 1. The molecule has 1 atom stereocenters. The third kappa shape index (κ3) is 1.74. The van der Waals surface area contributed by atoms with E-state index >= 15 is 0 Å². The molecule has 0 bridgehead atoms. The number of nitrogens with zero attached hydrogens (tertiary/aromatic N) is 1. The van der Waals surface area contributed by atoms with Gasteiger partial charge in [-0.3, -0.25) is 4.79 Å². The van der Waals surface area contributed by atoms with E-state index in [-0.39, 0.29) is 10.6 Å². The number of alkyl halides is 1. The van der Waals surface area contributed by atoms with Gasteiger partial charge in [0.05, 0.1) is 16.5 Å². The first kappa shape index (κ1) is 10.9. The molecule has 2 rings (SSSR count). The predicted molar refractivity (Wildman–Crippen MR) is 65.7 cm³/mol. The summed E-state index contributed by atoms with van der Waals surface area (Å²) in [6.45, 7) is 1.80. The van der Waals surface area contributed by atoms with Crippen molar-refractivity contribution >= 4 is 32.6 Å². The highest BCUT2D eigenvalue weighted by Gasteiger charge is 2.16. The number of halogens is 1. The number of H-pyrrole nitrogens is 1. The van der Waals surface area contributed by atoms with Crippen molar-refractivity contribution in [2.75, 3.05) is 0 Å². The van der Waals surface area contributed by atoms with Crippen LogP contribution in [0.3, 0.4) is 0 Å². The lowest BCUT2D eigenvalue weighted by molar-refractivity contribution is 0.0997. The van der Waals surface area contributed by atoms with E-state index in [0.717, 1.165) is 10.9 Å². The van der Waals surface area contributed by atoms with Crippen LogP contribution < -0.4 is 0 Å². The molecular formula is C12H9BrN2O. The third-order valence-electron chi connectivity index (χ3n) is 2.44. The first-order valence-corrected chi connectivity index (χ1v) is 5.74. The van der Waals surface area contributed by atoms with Crippen LogP contribution in [0.5, 0.6) is 0 Å². The maximum absolute atomic E-state index is 11.8. The topological polar surface area (TPSA) is 56.6 Å². The Balaban J connectivity index is 2.59. The van der Waals surface area contributed by atoms with Crippen molar-refractivity contribution < 1.29 is 4.79 Å². The summed E-state index contributed by atoms with van der Waals surface area (Å²) in [6, 6.07) is 7.32. The fourth-order valence-corrected chi connectivity index (χ4v) is 1.86. The molecule has 0 saturated carbocycles. The zero-order chi connectivity index (χ0) is 11.7. The van der Waals surface area contributed by atoms with E-state index in [4.69, 9.17) is 5.26 Å². The second kappa shape index (κ2) is 4.11. The van der Waals surface area contributed by atoms with Crippen LogP contribution in [-0.2, 0) is 0 Å². The van der Waals surface area contributed by atoms with Gasteiger partial charge in [-0.25, -0.2) is 0 Å². The number of hydrogen-bond donors (Lipinski definition) is 1. The van der Waals surface area contributed by atoms with Crippen molar-refractivity contribution in [2.24, 2.45) is 0 Å². The number of Topliss-reactive ketones (excluding diaryl/α,β-unsaturated/α-hetero) is 1. The minimum absolute atomic E-state index is 0.0379. The maximum atomic E-state index is 11.8. The summed E-state index contributed by atoms with van der Waals surface area (Å²) in [7, 11) is 0. The van der Waals surface area contributed by atoms with E-state index < -0.39 is 0 Å². The molecule has 0 aliphatic heterocycles. The average Bonchev–Trinajstić information content (AvgIpc) is 2.70. The lowest BCUT2D eigenvalue weighted by atomic mass is 10.1. The molecule has 1 aromatic heterocycles. The number of nitriles is 1. The minimum Gasteiger partial charge on any atom is -0.360 e. The van der Waals surface area contributed by atoms with Gasteiger partial charge >= 0.3 is 0 Å². The van der Waals surface area contributed by atoms with Gasteiger partial charge in [0.25, 0.3) is 0 Å². The average molecular weight is 277 g/mol. The Bertz CT molecular complexity index is 593. The second-order valence-electron chi connectivity index (χ2n) is 3.55. The summed E-state index contributed by atoms with van der Waals surface area (Å²) in [5.41, 5.74) is 2.06. The largest absolute Gasteiger partial charge is 0.360 e. The van der Waals surface area contributed by atoms with E-state index in [0.29, 0.717) is 11.1 Å². The van der Waals surface area contributed by atoms with Gasteiger partial charge in [-0.05, 0) is 19.1 Å².